The molecule has 6 atom stereocenters. The summed E-state index contributed by atoms with van der Waals surface area (Å²) in [5.74, 6) is -1.95. The van der Waals surface area contributed by atoms with Crippen LogP contribution in [-0.4, -0.2) is 69.8 Å². The van der Waals surface area contributed by atoms with E-state index in [2.05, 4.69) is 31.4 Å². The van der Waals surface area contributed by atoms with Crippen LogP contribution in [0.2, 0.25) is 0 Å². The monoisotopic (exact) mass is 619 g/mol. The number of fused-ring (bicyclic) bond motifs is 1. The molecule has 0 aliphatic carbocycles. The molecule has 0 radical (unpaired) electrons. The van der Waals surface area contributed by atoms with Crippen molar-refractivity contribution in [3.63, 3.8) is 0 Å². The predicted molar refractivity (Wildman–Crippen MR) is 173 cm³/mol. The molecular weight excluding hydrogens is 570 g/mol. The summed E-state index contributed by atoms with van der Waals surface area (Å²) in [5, 5.41) is 17.0. The zero-order chi connectivity index (χ0) is 32.8. The highest BCUT2D eigenvalue weighted by atomic mass is 16.5. The van der Waals surface area contributed by atoms with Crippen molar-refractivity contribution in [2.45, 2.75) is 103 Å². The van der Waals surface area contributed by atoms with Gasteiger partial charge < -0.3 is 30.1 Å². The molecule has 3 amide bonds. The number of nitrogens with one attached hydrogen (secondary N) is 2. The van der Waals surface area contributed by atoms with E-state index < -0.39 is 40.7 Å². The van der Waals surface area contributed by atoms with Crippen molar-refractivity contribution in [3.05, 3.63) is 60.2 Å². The average molecular weight is 620 g/mol. The molecule has 3 aliphatic rings. The molecule has 2 aromatic carbocycles. The van der Waals surface area contributed by atoms with Gasteiger partial charge in [0, 0.05) is 11.2 Å². The summed E-state index contributed by atoms with van der Waals surface area (Å²) >= 11 is 0. The van der Waals surface area contributed by atoms with E-state index in [-0.39, 0.29) is 29.7 Å². The average Bonchev–Trinajstić information content (AvgIpc) is 3.52. The lowest BCUT2D eigenvalue weighted by Crippen LogP contribution is -2.61. The number of ether oxygens (including phenoxy) is 2. The Morgan fingerprint density at radius 2 is 1.71 bits per heavy atom. The number of carbonyl (C=O) groups excluding carboxylic acids is 3. The number of hydrogen-bond acceptors (Lipinski definition) is 6. The maximum atomic E-state index is 14.7. The van der Waals surface area contributed by atoms with Crippen molar-refractivity contribution >= 4 is 23.4 Å². The molecule has 9 nitrogen and oxygen atoms in total. The Bertz CT molecular complexity index is 1400. The van der Waals surface area contributed by atoms with Crippen molar-refractivity contribution in [3.8, 4) is 5.75 Å². The van der Waals surface area contributed by atoms with Crippen LogP contribution >= 0.6 is 0 Å². The van der Waals surface area contributed by atoms with Crippen LogP contribution in [-0.2, 0) is 25.5 Å². The second-order valence-corrected chi connectivity index (χ2v) is 15.1. The zero-order valence-corrected chi connectivity index (χ0v) is 27.7. The molecule has 3 N–H and O–H groups in total. The minimum Gasteiger partial charge on any atom is -0.494 e. The summed E-state index contributed by atoms with van der Waals surface area (Å²) in [6, 6.07) is 15.1. The first kappa shape index (κ1) is 32.9. The van der Waals surface area contributed by atoms with Crippen LogP contribution in [0.4, 0.5) is 5.69 Å². The third kappa shape index (κ3) is 6.34. The Hall–Kier alpha value is -3.43. The molecule has 0 aromatic heterocycles. The van der Waals surface area contributed by atoms with Gasteiger partial charge in [-0.3, -0.25) is 14.4 Å². The van der Waals surface area contributed by atoms with E-state index in [9.17, 15) is 19.5 Å². The highest BCUT2D eigenvalue weighted by Crippen LogP contribution is 2.63. The van der Waals surface area contributed by atoms with E-state index in [1.165, 1.54) is 0 Å². The maximum absolute atomic E-state index is 14.7. The van der Waals surface area contributed by atoms with Crippen molar-refractivity contribution in [2.75, 3.05) is 18.5 Å². The fraction of sp³-hybridized carbons (Fsp3) is 0.583. The molecule has 9 heteroatoms. The van der Waals surface area contributed by atoms with Crippen LogP contribution in [0.5, 0.6) is 5.75 Å². The molecule has 1 spiro atoms. The maximum Gasteiger partial charge on any atom is 0.246 e. The molecule has 5 rings (SSSR count). The number of hydrogen-bond donors (Lipinski definition) is 3. The standard InChI is InChI=1S/C36H49N3O6/c1-8-44-26-16-14-24(15-17-26)37-30(41)27-28-32(43)39(25(21-40)20-23-12-10-9-11-13-23)29(36(28)19-18-35(27,7)45-36)31(42)38-34(5,6)22-33(2,3)4/h9-17,25,27-29,40H,8,18-22H2,1-7H3,(H,37,41)(H,38,42)/t25-,27-,28+,29?,35+,36?/m1/s1. The Morgan fingerprint density at radius 1 is 1.04 bits per heavy atom. The second kappa shape index (κ2) is 12.1. The first-order chi connectivity index (χ1) is 21.1. The molecule has 2 unspecified atom stereocenters. The zero-order valence-electron chi connectivity index (χ0n) is 27.7. The van der Waals surface area contributed by atoms with Crippen molar-refractivity contribution in [2.24, 2.45) is 17.3 Å². The lowest BCUT2D eigenvalue weighted by molar-refractivity contribution is -0.149. The number of aliphatic hydroxyl groups excluding tert-OH is 1. The van der Waals surface area contributed by atoms with E-state index >= 15 is 0 Å². The van der Waals surface area contributed by atoms with Crippen LogP contribution in [0.1, 0.15) is 73.3 Å². The quantitative estimate of drug-likeness (QED) is 0.335. The van der Waals surface area contributed by atoms with E-state index in [1.807, 2.05) is 58.0 Å². The third-order valence-electron chi connectivity index (χ3n) is 9.53. The van der Waals surface area contributed by atoms with Crippen molar-refractivity contribution < 1.29 is 29.0 Å². The summed E-state index contributed by atoms with van der Waals surface area (Å²) < 4.78 is 12.3. The molecule has 2 bridgehead atoms. The summed E-state index contributed by atoms with van der Waals surface area (Å²) in [6.45, 7) is 14.3. The molecule has 3 aliphatic heterocycles. The van der Waals surface area contributed by atoms with Crippen LogP contribution < -0.4 is 15.4 Å². The van der Waals surface area contributed by atoms with Gasteiger partial charge in [0.1, 0.15) is 17.4 Å². The Balaban J connectivity index is 1.51. The second-order valence-electron chi connectivity index (χ2n) is 15.1. The van der Waals surface area contributed by atoms with Gasteiger partial charge >= 0.3 is 0 Å². The van der Waals surface area contributed by atoms with Gasteiger partial charge in [-0.25, -0.2) is 0 Å². The lowest BCUT2D eigenvalue weighted by atomic mass is 9.66. The van der Waals surface area contributed by atoms with Gasteiger partial charge in [0.2, 0.25) is 17.7 Å². The third-order valence-corrected chi connectivity index (χ3v) is 9.53. The fourth-order valence-corrected chi connectivity index (χ4v) is 8.39. The van der Waals surface area contributed by atoms with E-state index in [1.54, 1.807) is 29.2 Å². The van der Waals surface area contributed by atoms with Crippen molar-refractivity contribution in [1.29, 1.82) is 0 Å². The number of anilines is 1. The fourth-order valence-electron chi connectivity index (χ4n) is 8.39. The molecule has 45 heavy (non-hydrogen) atoms. The number of carbonyl (C=O) groups is 3. The molecule has 3 saturated heterocycles. The molecule has 0 saturated carbocycles. The Labute approximate surface area is 267 Å². The van der Waals surface area contributed by atoms with Gasteiger partial charge in [0.15, 0.2) is 0 Å². The van der Waals surface area contributed by atoms with Crippen molar-refractivity contribution in [1.82, 2.24) is 10.2 Å². The number of benzene rings is 2. The largest absolute Gasteiger partial charge is 0.494 e. The summed E-state index contributed by atoms with van der Waals surface area (Å²) in [7, 11) is 0. The summed E-state index contributed by atoms with van der Waals surface area (Å²) in [4.78, 5) is 44.7. The first-order valence-electron chi connectivity index (χ1n) is 16.2. The minimum atomic E-state index is -1.20. The molecule has 2 aromatic rings. The predicted octanol–water partition coefficient (Wildman–Crippen LogP) is 4.72. The number of nitrogens with zero attached hydrogens (tertiary/aromatic N) is 1. The van der Waals surface area contributed by atoms with E-state index in [0.717, 1.165) is 5.56 Å². The Kier molecular flexibility index (Phi) is 8.83. The van der Waals surface area contributed by atoms with Gasteiger partial charge in [-0.2, -0.15) is 0 Å². The number of amides is 3. The molecular formula is C36H49N3O6. The topological polar surface area (TPSA) is 117 Å². The molecule has 3 fully saturated rings. The van der Waals surface area contributed by atoms with Gasteiger partial charge in [-0.05, 0) is 88.6 Å². The van der Waals surface area contributed by atoms with Gasteiger partial charge in [0.05, 0.1) is 36.7 Å². The van der Waals surface area contributed by atoms with Crippen LogP contribution in [0.15, 0.2) is 54.6 Å². The van der Waals surface area contributed by atoms with Crippen LogP contribution in [0.25, 0.3) is 0 Å². The molecule has 244 valence electrons. The van der Waals surface area contributed by atoms with E-state index in [0.29, 0.717) is 43.7 Å². The lowest BCUT2D eigenvalue weighted by Gasteiger charge is -2.40. The summed E-state index contributed by atoms with van der Waals surface area (Å²) in [6.07, 6.45) is 2.07. The Morgan fingerprint density at radius 3 is 2.31 bits per heavy atom. The number of aliphatic hydroxyl groups is 1. The highest BCUT2D eigenvalue weighted by molar-refractivity contribution is 6.02. The normalized spacial score (nSPS) is 28.1. The van der Waals surface area contributed by atoms with Crippen LogP contribution in [0, 0.1) is 17.3 Å². The smallest absolute Gasteiger partial charge is 0.246 e. The summed E-state index contributed by atoms with van der Waals surface area (Å²) in [5.41, 5.74) is -1.22. The minimum absolute atomic E-state index is 0.0520. The molecule has 3 heterocycles. The van der Waals surface area contributed by atoms with Gasteiger partial charge in [-0.15, -0.1) is 0 Å². The highest BCUT2D eigenvalue weighted by Gasteiger charge is 2.78. The SMILES string of the molecule is CCOc1ccc(NC(=O)[C@H]2[C@H]3C(=O)N([C@@H](CO)Cc4ccccc4)C(C(=O)NC(C)(C)CC(C)(C)C)C34CC[C@]2(C)O4)cc1. The van der Waals surface area contributed by atoms with Gasteiger partial charge in [-0.1, -0.05) is 51.1 Å². The van der Waals surface area contributed by atoms with E-state index in [4.69, 9.17) is 9.47 Å². The number of likely N-dealkylation sites (tertiary alicyclic amines) is 1. The first-order valence-corrected chi connectivity index (χ1v) is 16.2. The van der Waals surface area contributed by atoms with Gasteiger partial charge in [0.25, 0.3) is 0 Å². The number of rotatable bonds is 11. The van der Waals surface area contributed by atoms with Crippen LogP contribution in [0.3, 0.4) is 0 Å².